The van der Waals surface area contributed by atoms with E-state index >= 15 is 0 Å². The monoisotopic (exact) mass is 273 g/mol. The highest BCUT2D eigenvalue weighted by Crippen LogP contribution is 2.08. The Kier molecular flexibility index (Phi) is 4.34. The molecule has 2 aromatic rings. The zero-order chi connectivity index (χ0) is 14.5. The van der Waals surface area contributed by atoms with Gasteiger partial charge in [-0.1, -0.05) is 0 Å². The number of rotatable bonds is 5. The highest BCUT2D eigenvalue weighted by molar-refractivity contribution is 5.94. The molecule has 0 fully saturated rings. The summed E-state index contributed by atoms with van der Waals surface area (Å²) in [5, 5.41) is 10.1. The first kappa shape index (κ1) is 14.0. The van der Waals surface area contributed by atoms with E-state index in [1.807, 2.05) is 20.9 Å². The molecule has 2 heterocycles. The molecule has 1 amide bonds. The molecule has 0 aliphatic carbocycles. The normalized spacial score (nSPS) is 10.3. The van der Waals surface area contributed by atoms with Crippen molar-refractivity contribution in [2.24, 2.45) is 7.05 Å². The molecule has 0 bridgehead atoms. The van der Waals surface area contributed by atoms with E-state index in [0.29, 0.717) is 17.9 Å². The first-order valence-electron chi connectivity index (χ1n) is 6.57. The number of carbonyl (C=O) groups is 1. The Morgan fingerprint density at radius 2 is 2.25 bits per heavy atom. The van der Waals surface area contributed by atoms with Gasteiger partial charge in [0.05, 0.1) is 6.20 Å². The molecular formula is C14H19N5O. The Balaban J connectivity index is 2.01. The molecule has 106 valence electrons. The predicted octanol–water partition coefficient (Wildman–Crippen LogP) is 1.49. The standard InChI is InChI=1S/C14H19N5O/c1-4-15-13-7-11(5-6-16-13)14(20)17-8-12-9-18-19(3)10(12)2/h5-7,9H,4,8H2,1-3H3,(H,15,16)(H,17,20). The van der Waals surface area contributed by atoms with Crippen molar-refractivity contribution in [3.8, 4) is 0 Å². The average Bonchev–Trinajstić information content (AvgIpc) is 2.77. The van der Waals surface area contributed by atoms with Crippen molar-refractivity contribution in [3.63, 3.8) is 0 Å². The maximum absolute atomic E-state index is 12.1. The minimum Gasteiger partial charge on any atom is -0.370 e. The molecule has 0 aliphatic heterocycles. The molecule has 0 saturated heterocycles. The largest absolute Gasteiger partial charge is 0.370 e. The van der Waals surface area contributed by atoms with E-state index in [-0.39, 0.29) is 5.91 Å². The van der Waals surface area contributed by atoms with E-state index in [0.717, 1.165) is 17.8 Å². The SMILES string of the molecule is CCNc1cc(C(=O)NCc2cnn(C)c2C)ccn1. The number of carbonyl (C=O) groups excluding carboxylic acids is 1. The van der Waals surface area contributed by atoms with Gasteiger partial charge >= 0.3 is 0 Å². The van der Waals surface area contributed by atoms with Gasteiger partial charge in [0.25, 0.3) is 5.91 Å². The maximum atomic E-state index is 12.1. The molecule has 0 saturated carbocycles. The molecule has 0 radical (unpaired) electrons. The van der Waals surface area contributed by atoms with Crippen LogP contribution in [0, 0.1) is 6.92 Å². The predicted molar refractivity (Wildman–Crippen MR) is 77.5 cm³/mol. The molecule has 20 heavy (non-hydrogen) atoms. The topological polar surface area (TPSA) is 71.8 Å². The van der Waals surface area contributed by atoms with E-state index in [2.05, 4.69) is 20.7 Å². The van der Waals surface area contributed by atoms with E-state index < -0.39 is 0 Å². The van der Waals surface area contributed by atoms with Gasteiger partial charge in [0.1, 0.15) is 5.82 Å². The summed E-state index contributed by atoms with van der Waals surface area (Å²) in [7, 11) is 1.88. The summed E-state index contributed by atoms with van der Waals surface area (Å²) in [5.41, 5.74) is 2.66. The Hall–Kier alpha value is -2.37. The number of nitrogens with zero attached hydrogens (tertiary/aromatic N) is 3. The van der Waals surface area contributed by atoms with E-state index in [9.17, 15) is 4.79 Å². The van der Waals surface area contributed by atoms with Gasteiger partial charge in [0, 0.05) is 43.2 Å². The Morgan fingerprint density at radius 3 is 2.90 bits per heavy atom. The van der Waals surface area contributed by atoms with Gasteiger partial charge in [-0.2, -0.15) is 5.10 Å². The lowest BCUT2D eigenvalue weighted by Gasteiger charge is -2.07. The molecule has 2 rings (SSSR count). The van der Waals surface area contributed by atoms with Gasteiger partial charge < -0.3 is 10.6 Å². The third kappa shape index (κ3) is 3.14. The van der Waals surface area contributed by atoms with Gasteiger partial charge in [0.15, 0.2) is 0 Å². The van der Waals surface area contributed by atoms with Crippen LogP contribution in [0.4, 0.5) is 5.82 Å². The first-order chi connectivity index (χ1) is 9.61. The van der Waals surface area contributed by atoms with Gasteiger partial charge in [-0.15, -0.1) is 0 Å². The van der Waals surface area contributed by atoms with Gasteiger partial charge in [-0.25, -0.2) is 4.98 Å². The molecule has 2 aromatic heterocycles. The van der Waals surface area contributed by atoms with Crippen LogP contribution in [-0.2, 0) is 13.6 Å². The smallest absolute Gasteiger partial charge is 0.251 e. The lowest BCUT2D eigenvalue weighted by molar-refractivity contribution is 0.0951. The maximum Gasteiger partial charge on any atom is 0.251 e. The highest BCUT2D eigenvalue weighted by atomic mass is 16.1. The van der Waals surface area contributed by atoms with Crippen LogP contribution in [0.1, 0.15) is 28.5 Å². The van der Waals surface area contributed by atoms with Gasteiger partial charge in [-0.05, 0) is 26.0 Å². The third-order valence-electron chi connectivity index (χ3n) is 3.16. The van der Waals surface area contributed by atoms with Crippen molar-refractivity contribution < 1.29 is 4.79 Å². The number of nitrogens with one attached hydrogen (secondary N) is 2. The Bertz CT molecular complexity index is 605. The van der Waals surface area contributed by atoms with Crippen LogP contribution in [0.15, 0.2) is 24.5 Å². The van der Waals surface area contributed by atoms with Crippen molar-refractivity contribution >= 4 is 11.7 Å². The average molecular weight is 273 g/mol. The molecule has 2 N–H and O–H groups in total. The summed E-state index contributed by atoms with van der Waals surface area (Å²) in [4.78, 5) is 16.2. The number of amides is 1. The number of aromatic nitrogens is 3. The zero-order valence-corrected chi connectivity index (χ0v) is 12.0. The lowest BCUT2D eigenvalue weighted by Crippen LogP contribution is -2.23. The second kappa shape index (κ2) is 6.18. The number of hydrogen-bond donors (Lipinski definition) is 2. The second-order valence-electron chi connectivity index (χ2n) is 4.52. The third-order valence-corrected chi connectivity index (χ3v) is 3.16. The molecule has 0 atom stereocenters. The van der Waals surface area contributed by atoms with Crippen LogP contribution in [0.25, 0.3) is 0 Å². The van der Waals surface area contributed by atoms with Crippen molar-refractivity contribution in [2.45, 2.75) is 20.4 Å². The van der Waals surface area contributed by atoms with E-state index in [1.165, 1.54) is 0 Å². The minimum absolute atomic E-state index is 0.116. The number of aryl methyl sites for hydroxylation is 1. The molecule has 6 heteroatoms. The summed E-state index contributed by atoms with van der Waals surface area (Å²) < 4.78 is 1.79. The van der Waals surface area contributed by atoms with Crippen LogP contribution in [0.5, 0.6) is 0 Å². The molecule has 0 aliphatic rings. The second-order valence-corrected chi connectivity index (χ2v) is 4.52. The Morgan fingerprint density at radius 1 is 1.45 bits per heavy atom. The van der Waals surface area contributed by atoms with Crippen molar-refractivity contribution in [1.29, 1.82) is 0 Å². The van der Waals surface area contributed by atoms with Crippen molar-refractivity contribution in [2.75, 3.05) is 11.9 Å². The van der Waals surface area contributed by atoms with Crippen LogP contribution < -0.4 is 10.6 Å². The van der Waals surface area contributed by atoms with Gasteiger partial charge in [-0.3, -0.25) is 9.48 Å². The number of hydrogen-bond acceptors (Lipinski definition) is 4. The molecular weight excluding hydrogens is 254 g/mol. The fraction of sp³-hybridized carbons (Fsp3) is 0.357. The first-order valence-corrected chi connectivity index (χ1v) is 6.57. The fourth-order valence-electron chi connectivity index (χ4n) is 1.84. The Labute approximate surface area is 118 Å². The van der Waals surface area contributed by atoms with Crippen molar-refractivity contribution in [1.82, 2.24) is 20.1 Å². The van der Waals surface area contributed by atoms with Crippen LogP contribution >= 0.6 is 0 Å². The van der Waals surface area contributed by atoms with Crippen LogP contribution in [-0.4, -0.2) is 27.2 Å². The molecule has 0 aromatic carbocycles. The molecule has 0 spiro atoms. The summed E-state index contributed by atoms with van der Waals surface area (Å²) in [5.74, 6) is 0.590. The van der Waals surface area contributed by atoms with Crippen LogP contribution in [0.3, 0.4) is 0 Å². The zero-order valence-electron chi connectivity index (χ0n) is 12.0. The number of anilines is 1. The molecule has 6 nitrogen and oxygen atoms in total. The summed E-state index contributed by atoms with van der Waals surface area (Å²) in [6.45, 7) is 5.20. The fourth-order valence-corrected chi connectivity index (χ4v) is 1.84. The summed E-state index contributed by atoms with van der Waals surface area (Å²) >= 11 is 0. The van der Waals surface area contributed by atoms with Gasteiger partial charge in [0.2, 0.25) is 0 Å². The minimum atomic E-state index is -0.116. The summed E-state index contributed by atoms with van der Waals surface area (Å²) in [6, 6.07) is 3.45. The molecule has 0 unspecified atom stereocenters. The number of pyridine rings is 1. The van der Waals surface area contributed by atoms with Crippen molar-refractivity contribution in [3.05, 3.63) is 41.3 Å². The van der Waals surface area contributed by atoms with E-state index in [1.54, 1.807) is 29.2 Å². The highest BCUT2D eigenvalue weighted by Gasteiger charge is 2.09. The summed E-state index contributed by atoms with van der Waals surface area (Å²) in [6.07, 6.45) is 3.40. The van der Waals surface area contributed by atoms with E-state index in [4.69, 9.17) is 0 Å². The van der Waals surface area contributed by atoms with Crippen LogP contribution in [0.2, 0.25) is 0 Å². The quantitative estimate of drug-likeness (QED) is 0.865. The lowest BCUT2D eigenvalue weighted by atomic mass is 10.2.